The summed E-state index contributed by atoms with van der Waals surface area (Å²) in [5, 5.41) is 0. The highest BCUT2D eigenvalue weighted by atomic mass is 28.4. The zero-order valence-electron chi connectivity index (χ0n) is 5.45. The topological polar surface area (TPSA) is 0 Å². The summed E-state index contributed by atoms with van der Waals surface area (Å²) in [5.74, 6) is 0.400. The highest BCUT2D eigenvalue weighted by Gasteiger charge is 2.20. The van der Waals surface area contributed by atoms with Crippen molar-refractivity contribution in [1.82, 2.24) is 0 Å². The smallest absolute Gasteiger partial charge is 0.275 e. The molecule has 0 unspecified atom stereocenters. The predicted molar refractivity (Wildman–Crippen MR) is 36.1 cm³/mol. The molecule has 0 aromatic heterocycles. The fourth-order valence-corrected chi connectivity index (χ4v) is 2.47. The lowest BCUT2D eigenvalue weighted by atomic mass is 10.1. The molecule has 0 spiro atoms. The molecule has 9 heavy (non-hydrogen) atoms. The molecule has 0 aromatic rings. The van der Waals surface area contributed by atoms with E-state index in [1.165, 1.54) is 12.8 Å². The standard InChI is InChI=1S/C6H12F2Si/c7-9(8)5-6-3-1-2-4-6/h6,9H,1-5H2. The van der Waals surface area contributed by atoms with E-state index in [0.29, 0.717) is 5.92 Å². The minimum atomic E-state index is -3.22. The van der Waals surface area contributed by atoms with Crippen LogP contribution in [0.15, 0.2) is 0 Å². The fourth-order valence-electron chi connectivity index (χ4n) is 1.50. The van der Waals surface area contributed by atoms with Crippen LogP contribution in [0.2, 0.25) is 6.04 Å². The van der Waals surface area contributed by atoms with Crippen molar-refractivity contribution >= 4 is 9.46 Å². The molecule has 0 saturated heterocycles. The summed E-state index contributed by atoms with van der Waals surface area (Å²) in [6.07, 6.45) is 4.51. The van der Waals surface area contributed by atoms with Gasteiger partial charge in [-0.05, 0) is 12.0 Å². The van der Waals surface area contributed by atoms with E-state index >= 15 is 0 Å². The van der Waals surface area contributed by atoms with Gasteiger partial charge in [0.25, 0.3) is 0 Å². The lowest BCUT2D eigenvalue weighted by Crippen LogP contribution is -2.03. The summed E-state index contributed by atoms with van der Waals surface area (Å²) in [4.78, 5) is 0. The van der Waals surface area contributed by atoms with E-state index < -0.39 is 9.46 Å². The Morgan fingerprint density at radius 1 is 1.22 bits per heavy atom. The van der Waals surface area contributed by atoms with E-state index in [2.05, 4.69) is 0 Å². The molecule has 1 fully saturated rings. The average Bonchev–Trinajstić information content (AvgIpc) is 2.15. The minimum Gasteiger partial charge on any atom is -0.275 e. The Bertz CT molecular complexity index is 79.1. The first-order valence-electron chi connectivity index (χ1n) is 3.57. The molecule has 0 amide bonds. The van der Waals surface area contributed by atoms with Crippen molar-refractivity contribution in [1.29, 1.82) is 0 Å². The van der Waals surface area contributed by atoms with Gasteiger partial charge in [0.2, 0.25) is 0 Å². The molecule has 0 aliphatic heterocycles. The van der Waals surface area contributed by atoms with E-state index in [1.807, 2.05) is 0 Å². The molecule has 1 saturated carbocycles. The summed E-state index contributed by atoms with van der Waals surface area (Å²) in [6, 6.07) is 0.278. The first-order valence-corrected chi connectivity index (χ1v) is 5.26. The normalized spacial score (nSPS) is 21.7. The Hall–Kier alpha value is 0.0769. The Kier molecular flexibility index (Phi) is 2.63. The maximum absolute atomic E-state index is 11.8. The lowest BCUT2D eigenvalue weighted by Gasteiger charge is -2.04. The van der Waals surface area contributed by atoms with Crippen LogP contribution in [0.3, 0.4) is 0 Å². The van der Waals surface area contributed by atoms with Crippen molar-refractivity contribution in [2.75, 3.05) is 0 Å². The quantitative estimate of drug-likeness (QED) is 0.418. The summed E-state index contributed by atoms with van der Waals surface area (Å²) >= 11 is 0. The van der Waals surface area contributed by atoms with Gasteiger partial charge in [0.1, 0.15) is 0 Å². The average molecular weight is 150 g/mol. The van der Waals surface area contributed by atoms with Crippen molar-refractivity contribution < 1.29 is 8.22 Å². The number of hydrogen-bond donors (Lipinski definition) is 0. The molecule has 3 heteroatoms. The van der Waals surface area contributed by atoms with Gasteiger partial charge in [-0.15, -0.1) is 0 Å². The molecule has 0 aromatic carbocycles. The summed E-state index contributed by atoms with van der Waals surface area (Å²) in [5.41, 5.74) is 0. The SMILES string of the molecule is F[SiH](F)CC1CCCC1. The van der Waals surface area contributed by atoms with E-state index in [9.17, 15) is 8.22 Å². The molecule has 1 rings (SSSR count). The second-order valence-electron chi connectivity index (χ2n) is 2.78. The molecule has 1 aliphatic carbocycles. The van der Waals surface area contributed by atoms with Crippen LogP contribution in [0.5, 0.6) is 0 Å². The number of hydrogen-bond acceptors (Lipinski definition) is 0. The molecular formula is C6H12F2Si. The van der Waals surface area contributed by atoms with Crippen LogP contribution in [-0.2, 0) is 0 Å². The molecule has 0 nitrogen and oxygen atoms in total. The maximum Gasteiger partial charge on any atom is 0.411 e. The molecule has 54 valence electrons. The van der Waals surface area contributed by atoms with Crippen LogP contribution in [0.25, 0.3) is 0 Å². The van der Waals surface area contributed by atoms with Gasteiger partial charge in [0.15, 0.2) is 0 Å². The third kappa shape index (κ3) is 2.43. The summed E-state index contributed by atoms with van der Waals surface area (Å²) in [7, 11) is -3.22. The maximum atomic E-state index is 11.8. The monoisotopic (exact) mass is 150 g/mol. The van der Waals surface area contributed by atoms with Crippen LogP contribution < -0.4 is 0 Å². The number of rotatable bonds is 2. The van der Waals surface area contributed by atoms with E-state index in [-0.39, 0.29) is 6.04 Å². The Labute approximate surface area is 56.2 Å². The molecule has 1 aliphatic rings. The molecular weight excluding hydrogens is 138 g/mol. The predicted octanol–water partition coefficient (Wildman–Crippen LogP) is 2.34. The summed E-state index contributed by atoms with van der Waals surface area (Å²) in [6.45, 7) is 0. The minimum absolute atomic E-state index is 0.278. The van der Waals surface area contributed by atoms with Crippen molar-refractivity contribution in [3.8, 4) is 0 Å². The Morgan fingerprint density at radius 2 is 1.78 bits per heavy atom. The third-order valence-corrected chi connectivity index (χ3v) is 3.01. The third-order valence-electron chi connectivity index (χ3n) is 1.99. The second kappa shape index (κ2) is 3.30. The van der Waals surface area contributed by atoms with E-state index in [0.717, 1.165) is 12.8 Å². The van der Waals surface area contributed by atoms with Crippen LogP contribution in [0, 0.1) is 5.92 Å². The lowest BCUT2D eigenvalue weighted by molar-refractivity contribution is 0.548. The van der Waals surface area contributed by atoms with Gasteiger partial charge < -0.3 is 0 Å². The van der Waals surface area contributed by atoms with E-state index in [1.54, 1.807) is 0 Å². The van der Waals surface area contributed by atoms with Crippen LogP contribution in [0.1, 0.15) is 25.7 Å². The fraction of sp³-hybridized carbons (Fsp3) is 1.00. The molecule has 0 heterocycles. The summed E-state index contributed by atoms with van der Waals surface area (Å²) < 4.78 is 23.7. The van der Waals surface area contributed by atoms with Gasteiger partial charge in [-0.3, -0.25) is 8.22 Å². The zero-order chi connectivity index (χ0) is 6.69. The van der Waals surface area contributed by atoms with Crippen molar-refractivity contribution in [3.05, 3.63) is 0 Å². The van der Waals surface area contributed by atoms with Crippen LogP contribution in [-0.4, -0.2) is 9.46 Å². The largest absolute Gasteiger partial charge is 0.411 e. The molecule has 0 bridgehead atoms. The highest BCUT2D eigenvalue weighted by Crippen LogP contribution is 2.29. The Balaban J connectivity index is 2.11. The van der Waals surface area contributed by atoms with Crippen molar-refractivity contribution in [2.24, 2.45) is 5.92 Å². The van der Waals surface area contributed by atoms with Crippen molar-refractivity contribution in [3.63, 3.8) is 0 Å². The van der Waals surface area contributed by atoms with Gasteiger partial charge in [-0.25, -0.2) is 0 Å². The van der Waals surface area contributed by atoms with Crippen LogP contribution >= 0.6 is 0 Å². The van der Waals surface area contributed by atoms with Gasteiger partial charge in [-0.1, -0.05) is 25.7 Å². The zero-order valence-corrected chi connectivity index (χ0v) is 6.60. The van der Waals surface area contributed by atoms with Gasteiger partial charge in [0.05, 0.1) is 0 Å². The molecule has 0 N–H and O–H groups in total. The molecule has 0 radical (unpaired) electrons. The van der Waals surface area contributed by atoms with Gasteiger partial charge in [-0.2, -0.15) is 0 Å². The first kappa shape index (κ1) is 7.19. The van der Waals surface area contributed by atoms with Gasteiger partial charge >= 0.3 is 9.46 Å². The first-order chi connectivity index (χ1) is 4.29. The van der Waals surface area contributed by atoms with Gasteiger partial charge in [0, 0.05) is 0 Å². The molecule has 0 atom stereocenters. The second-order valence-corrected chi connectivity index (χ2v) is 4.03. The van der Waals surface area contributed by atoms with Crippen LogP contribution in [0.4, 0.5) is 8.22 Å². The highest BCUT2D eigenvalue weighted by molar-refractivity contribution is 6.42. The number of halogens is 2. The van der Waals surface area contributed by atoms with E-state index in [4.69, 9.17) is 0 Å². The Morgan fingerprint density at radius 3 is 2.22 bits per heavy atom. The van der Waals surface area contributed by atoms with Crippen molar-refractivity contribution in [2.45, 2.75) is 31.7 Å².